The number of hydrogen-bond acceptors (Lipinski definition) is 2. The lowest BCUT2D eigenvalue weighted by molar-refractivity contribution is 0.585. The van der Waals surface area contributed by atoms with Gasteiger partial charge in [-0.1, -0.05) is 6.92 Å². The summed E-state index contributed by atoms with van der Waals surface area (Å²) in [6.45, 7) is 7.19. The minimum absolute atomic E-state index is 0.0932. The highest BCUT2D eigenvalue weighted by atomic mass is 15.3. The van der Waals surface area contributed by atoms with Crippen molar-refractivity contribution in [3.05, 3.63) is 17.5 Å². The van der Waals surface area contributed by atoms with Gasteiger partial charge in [-0.2, -0.15) is 5.10 Å². The molecule has 68 valence electrons. The quantitative estimate of drug-likeness (QED) is 0.743. The summed E-state index contributed by atoms with van der Waals surface area (Å²) in [6, 6.07) is 0.0932. The van der Waals surface area contributed by atoms with Crippen molar-refractivity contribution < 1.29 is 0 Å². The van der Waals surface area contributed by atoms with E-state index >= 15 is 0 Å². The van der Waals surface area contributed by atoms with Gasteiger partial charge < -0.3 is 5.73 Å². The molecule has 12 heavy (non-hydrogen) atoms. The second kappa shape index (κ2) is 3.72. The van der Waals surface area contributed by atoms with Crippen molar-refractivity contribution in [2.45, 2.75) is 39.8 Å². The van der Waals surface area contributed by atoms with Gasteiger partial charge in [0.05, 0.1) is 6.20 Å². The van der Waals surface area contributed by atoms with Crippen LogP contribution in [0.15, 0.2) is 6.20 Å². The molecule has 1 heterocycles. The fraction of sp³-hybridized carbons (Fsp3) is 0.667. The highest BCUT2D eigenvalue weighted by molar-refractivity contribution is 5.19. The monoisotopic (exact) mass is 167 g/mol. The summed E-state index contributed by atoms with van der Waals surface area (Å²) < 4.78 is 2.01. The zero-order valence-electron chi connectivity index (χ0n) is 8.04. The molecule has 3 heteroatoms. The first kappa shape index (κ1) is 9.26. The molecule has 0 aromatic carbocycles. The summed E-state index contributed by atoms with van der Waals surface area (Å²) in [4.78, 5) is 0. The van der Waals surface area contributed by atoms with Crippen LogP contribution in [0, 0.1) is 6.92 Å². The summed E-state index contributed by atoms with van der Waals surface area (Å²) in [7, 11) is 0. The number of hydrogen-bond donors (Lipinski definition) is 1. The van der Waals surface area contributed by atoms with Crippen molar-refractivity contribution >= 4 is 0 Å². The van der Waals surface area contributed by atoms with E-state index in [1.54, 1.807) is 0 Å². The summed E-state index contributed by atoms with van der Waals surface area (Å²) in [5.41, 5.74) is 8.13. The van der Waals surface area contributed by atoms with E-state index in [0.29, 0.717) is 0 Å². The van der Waals surface area contributed by atoms with Crippen LogP contribution >= 0.6 is 0 Å². The standard InChI is InChI=1S/C9H17N3/c1-4-5-12-8(3)9(6-11-12)7(2)10/h6-7H,4-5,10H2,1-3H3. The first-order valence-electron chi connectivity index (χ1n) is 4.44. The SMILES string of the molecule is CCCn1ncc(C(C)N)c1C. The fourth-order valence-electron chi connectivity index (χ4n) is 1.35. The van der Waals surface area contributed by atoms with Gasteiger partial charge in [0.25, 0.3) is 0 Å². The van der Waals surface area contributed by atoms with E-state index in [9.17, 15) is 0 Å². The van der Waals surface area contributed by atoms with Gasteiger partial charge in [0.1, 0.15) is 0 Å². The molecule has 0 saturated heterocycles. The molecule has 0 spiro atoms. The molecule has 0 saturated carbocycles. The lowest BCUT2D eigenvalue weighted by atomic mass is 10.1. The lowest BCUT2D eigenvalue weighted by Gasteiger charge is -2.05. The lowest BCUT2D eigenvalue weighted by Crippen LogP contribution is -2.07. The van der Waals surface area contributed by atoms with Crippen LogP contribution in [-0.2, 0) is 6.54 Å². The molecule has 0 radical (unpaired) electrons. The van der Waals surface area contributed by atoms with Crippen molar-refractivity contribution in [3.63, 3.8) is 0 Å². The number of rotatable bonds is 3. The number of aromatic nitrogens is 2. The second-order valence-electron chi connectivity index (χ2n) is 3.20. The van der Waals surface area contributed by atoms with Gasteiger partial charge in [-0.05, 0) is 20.3 Å². The van der Waals surface area contributed by atoms with Crippen LogP contribution in [0.3, 0.4) is 0 Å². The smallest absolute Gasteiger partial charge is 0.0540 e. The molecular formula is C9H17N3. The van der Waals surface area contributed by atoms with Crippen LogP contribution in [0.25, 0.3) is 0 Å². The first-order valence-corrected chi connectivity index (χ1v) is 4.44. The van der Waals surface area contributed by atoms with E-state index in [4.69, 9.17) is 5.73 Å². The van der Waals surface area contributed by atoms with E-state index in [2.05, 4.69) is 18.9 Å². The van der Waals surface area contributed by atoms with Crippen molar-refractivity contribution in [1.29, 1.82) is 0 Å². The van der Waals surface area contributed by atoms with Crippen LogP contribution in [0.1, 0.15) is 37.6 Å². The summed E-state index contributed by atoms with van der Waals surface area (Å²) in [5.74, 6) is 0. The molecule has 1 aromatic rings. The third-order valence-corrected chi connectivity index (χ3v) is 2.07. The molecule has 0 fully saturated rings. The third kappa shape index (κ3) is 1.67. The molecule has 1 rings (SSSR count). The van der Waals surface area contributed by atoms with Gasteiger partial charge in [0.15, 0.2) is 0 Å². The minimum Gasteiger partial charge on any atom is -0.324 e. The van der Waals surface area contributed by atoms with Crippen LogP contribution in [0.5, 0.6) is 0 Å². The Bertz CT molecular complexity index is 250. The highest BCUT2D eigenvalue weighted by Crippen LogP contribution is 2.14. The normalized spacial score (nSPS) is 13.3. The molecule has 0 amide bonds. The Morgan fingerprint density at radius 1 is 1.67 bits per heavy atom. The van der Waals surface area contributed by atoms with Gasteiger partial charge in [-0.3, -0.25) is 4.68 Å². The van der Waals surface area contributed by atoms with Crippen LogP contribution in [-0.4, -0.2) is 9.78 Å². The largest absolute Gasteiger partial charge is 0.324 e. The van der Waals surface area contributed by atoms with Gasteiger partial charge in [0.2, 0.25) is 0 Å². The number of nitrogens with two attached hydrogens (primary N) is 1. The highest BCUT2D eigenvalue weighted by Gasteiger charge is 2.08. The number of aryl methyl sites for hydroxylation is 1. The van der Waals surface area contributed by atoms with Crippen molar-refractivity contribution in [2.24, 2.45) is 5.73 Å². The average Bonchev–Trinajstić information content (AvgIpc) is 2.34. The Hall–Kier alpha value is -0.830. The topological polar surface area (TPSA) is 43.8 Å². The van der Waals surface area contributed by atoms with E-state index in [1.165, 1.54) is 5.69 Å². The zero-order valence-corrected chi connectivity index (χ0v) is 8.04. The van der Waals surface area contributed by atoms with E-state index in [-0.39, 0.29) is 6.04 Å². The predicted molar refractivity (Wildman–Crippen MR) is 49.9 cm³/mol. The van der Waals surface area contributed by atoms with E-state index in [0.717, 1.165) is 18.5 Å². The predicted octanol–water partition coefficient (Wildman–Crippen LogP) is 1.62. The Morgan fingerprint density at radius 3 is 2.75 bits per heavy atom. The van der Waals surface area contributed by atoms with Crippen molar-refractivity contribution in [2.75, 3.05) is 0 Å². The van der Waals surface area contributed by atoms with E-state index in [1.807, 2.05) is 17.8 Å². The maximum Gasteiger partial charge on any atom is 0.0540 e. The average molecular weight is 167 g/mol. The summed E-state index contributed by atoms with van der Waals surface area (Å²) >= 11 is 0. The molecule has 0 aliphatic rings. The maximum atomic E-state index is 5.77. The molecule has 0 aliphatic carbocycles. The fourth-order valence-corrected chi connectivity index (χ4v) is 1.35. The van der Waals surface area contributed by atoms with Crippen molar-refractivity contribution in [3.8, 4) is 0 Å². The van der Waals surface area contributed by atoms with Crippen LogP contribution < -0.4 is 5.73 Å². The molecular weight excluding hydrogens is 150 g/mol. The van der Waals surface area contributed by atoms with Gasteiger partial charge in [-0.15, -0.1) is 0 Å². The molecule has 0 aliphatic heterocycles. The van der Waals surface area contributed by atoms with Gasteiger partial charge >= 0.3 is 0 Å². The Balaban J connectivity index is 2.88. The Labute approximate surface area is 73.6 Å². The maximum absolute atomic E-state index is 5.77. The first-order chi connectivity index (χ1) is 5.66. The zero-order chi connectivity index (χ0) is 9.14. The van der Waals surface area contributed by atoms with Crippen LogP contribution in [0.4, 0.5) is 0 Å². The molecule has 1 aromatic heterocycles. The molecule has 2 N–H and O–H groups in total. The van der Waals surface area contributed by atoms with Crippen LogP contribution in [0.2, 0.25) is 0 Å². The molecule has 3 nitrogen and oxygen atoms in total. The molecule has 1 atom stereocenters. The van der Waals surface area contributed by atoms with Crippen molar-refractivity contribution in [1.82, 2.24) is 9.78 Å². The third-order valence-electron chi connectivity index (χ3n) is 2.07. The van der Waals surface area contributed by atoms with Gasteiger partial charge in [0, 0.05) is 23.8 Å². The summed E-state index contributed by atoms with van der Waals surface area (Å²) in [5, 5.41) is 4.26. The molecule has 0 bridgehead atoms. The molecule has 1 unspecified atom stereocenters. The van der Waals surface area contributed by atoms with Gasteiger partial charge in [-0.25, -0.2) is 0 Å². The Kier molecular flexibility index (Phi) is 2.87. The second-order valence-corrected chi connectivity index (χ2v) is 3.20. The van der Waals surface area contributed by atoms with E-state index < -0.39 is 0 Å². The summed E-state index contributed by atoms with van der Waals surface area (Å²) in [6.07, 6.45) is 2.98. The minimum atomic E-state index is 0.0932. The number of nitrogens with zero attached hydrogens (tertiary/aromatic N) is 2. The Morgan fingerprint density at radius 2 is 2.33 bits per heavy atom.